The van der Waals surface area contributed by atoms with Crippen LogP contribution in [0, 0.1) is 11.3 Å². The first kappa shape index (κ1) is 12.9. The van der Waals surface area contributed by atoms with Gasteiger partial charge in [0.25, 0.3) is 0 Å². The third kappa shape index (κ3) is 3.72. The zero-order chi connectivity index (χ0) is 13.5. The van der Waals surface area contributed by atoms with E-state index in [9.17, 15) is 0 Å². The second-order valence-electron chi connectivity index (χ2n) is 4.19. The molecule has 2 aliphatic rings. The van der Waals surface area contributed by atoms with Crippen molar-refractivity contribution in [2.75, 3.05) is 7.11 Å². The summed E-state index contributed by atoms with van der Waals surface area (Å²) in [7, 11) is 1.66. The minimum absolute atomic E-state index is 0.697. The van der Waals surface area contributed by atoms with Crippen molar-refractivity contribution < 1.29 is 4.74 Å². The van der Waals surface area contributed by atoms with Crippen LogP contribution < -0.4 is 0 Å². The predicted octanol–water partition coefficient (Wildman–Crippen LogP) is 3.91. The van der Waals surface area contributed by atoms with Gasteiger partial charge in [0.15, 0.2) is 0 Å². The van der Waals surface area contributed by atoms with Crippen molar-refractivity contribution in [3.63, 3.8) is 0 Å². The number of hydrogen-bond acceptors (Lipinski definition) is 2. The number of ether oxygens (including phenoxy) is 1. The van der Waals surface area contributed by atoms with Crippen LogP contribution in [-0.2, 0) is 4.74 Å². The molecule has 2 nitrogen and oxygen atoms in total. The molecule has 0 spiro atoms. The normalized spacial score (nSPS) is 28.0. The summed E-state index contributed by atoms with van der Waals surface area (Å²) in [4.78, 5) is 0. The van der Waals surface area contributed by atoms with Crippen LogP contribution in [0.15, 0.2) is 83.2 Å². The van der Waals surface area contributed by atoms with Crippen LogP contribution in [0.25, 0.3) is 0 Å². The van der Waals surface area contributed by atoms with Crippen LogP contribution in [-0.4, -0.2) is 7.11 Å². The Balaban J connectivity index is 2.15. The minimum Gasteiger partial charge on any atom is -0.497 e. The van der Waals surface area contributed by atoms with E-state index >= 15 is 0 Å². The van der Waals surface area contributed by atoms with E-state index in [0.29, 0.717) is 5.57 Å². The van der Waals surface area contributed by atoms with Crippen molar-refractivity contribution in [3.05, 3.63) is 83.2 Å². The van der Waals surface area contributed by atoms with E-state index < -0.39 is 0 Å². The molecule has 0 saturated heterocycles. The second kappa shape index (κ2) is 6.42. The van der Waals surface area contributed by atoms with Crippen LogP contribution in [0.4, 0.5) is 0 Å². The maximum Gasteiger partial charge on any atom is 0.118 e. The molecule has 2 heteroatoms. The van der Waals surface area contributed by atoms with Gasteiger partial charge < -0.3 is 4.74 Å². The quantitative estimate of drug-likeness (QED) is 0.743. The van der Waals surface area contributed by atoms with Crippen LogP contribution in [0.1, 0.15) is 6.42 Å². The Labute approximate surface area is 113 Å². The first-order chi connectivity index (χ1) is 9.31. The Kier molecular flexibility index (Phi) is 4.36. The summed E-state index contributed by atoms with van der Waals surface area (Å²) in [5, 5.41) is 8.77. The zero-order valence-corrected chi connectivity index (χ0v) is 10.8. The molecule has 0 saturated carbocycles. The van der Waals surface area contributed by atoms with Gasteiger partial charge in [-0.05, 0) is 41.9 Å². The van der Waals surface area contributed by atoms with Gasteiger partial charge in [-0.2, -0.15) is 5.26 Å². The Morgan fingerprint density at radius 1 is 1.21 bits per heavy atom. The van der Waals surface area contributed by atoms with Crippen molar-refractivity contribution >= 4 is 0 Å². The van der Waals surface area contributed by atoms with E-state index in [2.05, 4.69) is 18.2 Å². The molecule has 0 radical (unpaired) electrons. The van der Waals surface area contributed by atoms with Crippen molar-refractivity contribution in [3.8, 4) is 6.07 Å². The molecule has 0 aromatic carbocycles. The molecule has 0 bridgehead atoms. The number of rotatable bonds is 2. The molecule has 0 aromatic rings. The number of methoxy groups -OCH3 is 1. The van der Waals surface area contributed by atoms with Gasteiger partial charge in [0.1, 0.15) is 5.76 Å². The molecular weight excluding hydrogens is 234 g/mol. The topological polar surface area (TPSA) is 33.0 Å². The summed E-state index contributed by atoms with van der Waals surface area (Å²) in [6.07, 6.45) is 20.6. The fourth-order valence-electron chi connectivity index (χ4n) is 1.78. The number of allylic oxidation sites excluding steroid dienone is 13. The van der Waals surface area contributed by atoms with Crippen molar-refractivity contribution in [1.82, 2.24) is 0 Å². The third-order valence-electron chi connectivity index (χ3n) is 2.84. The summed E-state index contributed by atoms with van der Waals surface area (Å²) in [5.74, 6) is 0.835. The highest BCUT2D eigenvalue weighted by atomic mass is 16.5. The summed E-state index contributed by atoms with van der Waals surface area (Å²) >= 11 is 0. The van der Waals surface area contributed by atoms with Crippen LogP contribution >= 0.6 is 0 Å². The highest BCUT2D eigenvalue weighted by Gasteiger charge is 2.00. The maximum atomic E-state index is 8.77. The lowest BCUT2D eigenvalue weighted by atomic mass is 10.1. The molecule has 0 atom stereocenters. The van der Waals surface area contributed by atoms with Crippen molar-refractivity contribution in [1.29, 1.82) is 5.26 Å². The molecule has 0 fully saturated rings. The summed E-state index contributed by atoms with van der Waals surface area (Å²) < 4.78 is 5.21. The molecule has 0 aromatic heterocycles. The predicted molar refractivity (Wildman–Crippen MR) is 77.0 cm³/mol. The van der Waals surface area contributed by atoms with Gasteiger partial charge in [0, 0.05) is 0 Å². The average Bonchev–Trinajstić information content (AvgIpc) is 2.86. The Morgan fingerprint density at radius 2 is 2.11 bits per heavy atom. The minimum atomic E-state index is 0.697. The summed E-state index contributed by atoms with van der Waals surface area (Å²) in [6, 6.07) is 2.13. The fourth-order valence-corrected chi connectivity index (χ4v) is 1.78. The molecule has 0 unspecified atom stereocenters. The summed E-state index contributed by atoms with van der Waals surface area (Å²) in [6.45, 7) is 0. The van der Waals surface area contributed by atoms with Crippen LogP contribution in [0.3, 0.4) is 0 Å². The first-order valence-corrected chi connectivity index (χ1v) is 6.11. The van der Waals surface area contributed by atoms with E-state index in [1.54, 1.807) is 7.11 Å². The molecule has 2 rings (SSSR count). The van der Waals surface area contributed by atoms with Crippen LogP contribution in [0.5, 0.6) is 0 Å². The lowest BCUT2D eigenvalue weighted by molar-refractivity contribution is 0.307. The Hall–Kier alpha value is -2.53. The van der Waals surface area contributed by atoms with Gasteiger partial charge in [-0.25, -0.2) is 0 Å². The SMILES string of the molecule is COC1=C/C=C\CC(=C\C=C2\C=CC(C#N)=C2)/C=C\1. The molecule has 94 valence electrons. The monoisotopic (exact) mass is 249 g/mol. The van der Waals surface area contributed by atoms with E-state index in [1.165, 1.54) is 5.57 Å². The molecule has 0 heterocycles. The van der Waals surface area contributed by atoms with E-state index in [0.717, 1.165) is 17.8 Å². The molecule has 0 N–H and O–H groups in total. The average molecular weight is 249 g/mol. The smallest absolute Gasteiger partial charge is 0.118 e. The highest BCUT2D eigenvalue weighted by Crippen LogP contribution is 2.16. The fraction of sp³-hybridized carbons (Fsp3) is 0.118. The van der Waals surface area contributed by atoms with Crippen molar-refractivity contribution in [2.45, 2.75) is 6.42 Å². The zero-order valence-electron chi connectivity index (χ0n) is 10.8. The standard InChI is InChI=1S/C17H15NO/c1-19-17-5-3-2-4-14(10-11-17)6-7-15-8-9-16(12-15)13-18/h2-3,5-12H,4H2,1H3/b3-2-,11-10-,14-6+,15-7-,17-5+. The van der Waals surface area contributed by atoms with Gasteiger partial charge in [-0.3, -0.25) is 0 Å². The number of nitrogens with zero attached hydrogens (tertiary/aromatic N) is 1. The van der Waals surface area contributed by atoms with Gasteiger partial charge in [-0.1, -0.05) is 36.5 Å². The largest absolute Gasteiger partial charge is 0.497 e. The van der Waals surface area contributed by atoms with E-state index in [1.807, 2.05) is 48.6 Å². The molecule has 0 amide bonds. The Morgan fingerprint density at radius 3 is 2.84 bits per heavy atom. The van der Waals surface area contributed by atoms with Gasteiger partial charge >= 0.3 is 0 Å². The summed E-state index contributed by atoms with van der Waals surface area (Å²) in [5.41, 5.74) is 2.94. The first-order valence-electron chi connectivity index (χ1n) is 6.11. The highest BCUT2D eigenvalue weighted by molar-refractivity contribution is 5.53. The second-order valence-corrected chi connectivity index (χ2v) is 4.19. The lowest BCUT2D eigenvalue weighted by Crippen LogP contribution is -1.85. The molecular formula is C17H15NO. The molecule has 0 aliphatic heterocycles. The molecule has 19 heavy (non-hydrogen) atoms. The van der Waals surface area contributed by atoms with Gasteiger partial charge in [-0.15, -0.1) is 0 Å². The van der Waals surface area contributed by atoms with E-state index in [-0.39, 0.29) is 0 Å². The number of hydrogen-bond donors (Lipinski definition) is 0. The van der Waals surface area contributed by atoms with E-state index in [4.69, 9.17) is 10.00 Å². The van der Waals surface area contributed by atoms with Gasteiger partial charge in [0.05, 0.1) is 18.8 Å². The number of nitriles is 1. The van der Waals surface area contributed by atoms with Gasteiger partial charge in [0.2, 0.25) is 0 Å². The lowest BCUT2D eigenvalue weighted by Gasteiger charge is -2.03. The molecule has 2 aliphatic carbocycles. The van der Waals surface area contributed by atoms with Crippen molar-refractivity contribution in [2.24, 2.45) is 0 Å². The Bertz CT molecular complexity index is 602. The maximum absolute atomic E-state index is 8.77. The van der Waals surface area contributed by atoms with Crippen LogP contribution in [0.2, 0.25) is 0 Å². The third-order valence-corrected chi connectivity index (χ3v) is 2.84.